The van der Waals surface area contributed by atoms with Crippen LogP contribution >= 0.6 is 11.6 Å². The lowest BCUT2D eigenvalue weighted by Crippen LogP contribution is -2.69. The van der Waals surface area contributed by atoms with Crippen LogP contribution in [0, 0.1) is 5.41 Å². The van der Waals surface area contributed by atoms with Gasteiger partial charge in [0.15, 0.2) is 5.75 Å². The number of nitrogens with zero attached hydrogens (tertiary/aromatic N) is 1. The van der Waals surface area contributed by atoms with Crippen LogP contribution in [0.15, 0.2) is 17.0 Å². The number of nitrogens with one attached hydrogen (secondary N) is 2. The first-order chi connectivity index (χ1) is 12.7. The average Bonchev–Trinajstić information content (AvgIpc) is 2.57. The molecule has 0 saturated heterocycles. The van der Waals surface area contributed by atoms with Gasteiger partial charge in [0.2, 0.25) is 21.6 Å². The number of halogens is 1. The van der Waals surface area contributed by atoms with Crippen molar-refractivity contribution in [1.29, 1.82) is 0 Å². The molecule has 156 valence electrons. The normalized spacial score (nSPS) is 21.6. The van der Waals surface area contributed by atoms with E-state index in [1.165, 1.54) is 26.2 Å². The van der Waals surface area contributed by atoms with Gasteiger partial charge in [-0.3, -0.25) is 9.59 Å². The van der Waals surface area contributed by atoms with Gasteiger partial charge in [-0.05, 0) is 24.5 Å². The van der Waals surface area contributed by atoms with E-state index in [-0.39, 0.29) is 22.2 Å². The Bertz CT molecular complexity index is 909. The lowest BCUT2D eigenvalue weighted by atomic mass is 9.80. The topological polar surface area (TPSA) is 116 Å². The Hall–Kier alpha value is -1.68. The maximum atomic E-state index is 12.5. The standard InChI is InChI=1S/C18H26ClN3O5S/c1-9(18(2,3)4)20-12-13(16(25)15(12)24)21-11-8-7-10(19)17(14(11)23)28(26,27)22(5)6/h7-9,12-13,20-21,23H,1-6H3/t9-,12?,13?/m0/s1. The fourth-order valence-corrected chi connectivity index (χ4v) is 4.09. The predicted molar refractivity (Wildman–Crippen MR) is 107 cm³/mol. The highest BCUT2D eigenvalue weighted by Crippen LogP contribution is 2.39. The van der Waals surface area contributed by atoms with Crippen LogP contribution in [-0.4, -0.2) is 61.6 Å². The summed E-state index contributed by atoms with van der Waals surface area (Å²) < 4.78 is 25.8. The second-order valence-corrected chi connectivity index (χ2v) is 10.6. The number of carbonyl (C=O) groups is 2. The van der Waals surface area contributed by atoms with Gasteiger partial charge in [0.25, 0.3) is 0 Å². The SMILES string of the molecule is C[C@H](NC1C(=O)C(=O)C1Nc1ccc(Cl)c(S(=O)(=O)N(C)C)c1O)C(C)(C)C. The Morgan fingerprint density at radius 2 is 1.68 bits per heavy atom. The highest BCUT2D eigenvalue weighted by molar-refractivity contribution is 7.89. The number of sulfonamides is 1. The lowest BCUT2D eigenvalue weighted by molar-refractivity contribution is -0.146. The molecule has 8 nitrogen and oxygen atoms in total. The average molecular weight is 432 g/mol. The van der Waals surface area contributed by atoms with Gasteiger partial charge in [-0.25, -0.2) is 12.7 Å². The molecule has 1 saturated carbocycles. The Labute approximate surface area is 170 Å². The summed E-state index contributed by atoms with van der Waals surface area (Å²) in [4.78, 5) is 23.7. The van der Waals surface area contributed by atoms with E-state index in [0.29, 0.717) is 0 Å². The largest absolute Gasteiger partial charge is 0.504 e. The van der Waals surface area contributed by atoms with Crippen LogP contribution in [0.2, 0.25) is 5.02 Å². The molecular weight excluding hydrogens is 406 g/mol. The number of carbonyl (C=O) groups excluding carboxylic acids is 2. The van der Waals surface area contributed by atoms with Gasteiger partial charge in [-0.2, -0.15) is 0 Å². The molecule has 1 aliphatic rings. The molecule has 1 aromatic carbocycles. The van der Waals surface area contributed by atoms with Gasteiger partial charge in [0.05, 0.1) is 10.7 Å². The molecule has 3 N–H and O–H groups in total. The first kappa shape index (κ1) is 22.6. The number of anilines is 1. The van der Waals surface area contributed by atoms with Crippen LogP contribution in [0.5, 0.6) is 5.75 Å². The van der Waals surface area contributed by atoms with Crippen LogP contribution < -0.4 is 10.6 Å². The number of rotatable bonds is 6. The second-order valence-electron chi connectivity index (χ2n) is 8.14. The molecule has 28 heavy (non-hydrogen) atoms. The Kier molecular flexibility index (Phi) is 6.16. The smallest absolute Gasteiger partial charge is 0.247 e. The number of aromatic hydroxyl groups is 1. The van der Waals surface area contributed by atoms with Gasteiger partial charge < -0.3 is 15.7 Å². The first-order valence-corrected chi connectivity index (χ1v) is 10.6. The maximum Gasteiger partial charge on any atom is 0.247 e. The molecule has 1 aliphatic carbocycles. The zero-order valence-corrected chi connectivity index (χ0v) is 18.3. The van der Waals surface area contributed by atoms with Gasteiger partial charge in [-0.15, -0.1) is 0 Å². The summed E-state index contributed by atoms with van der Waals surface area (Å²) in [5.74, 6) is -1.79. The summed E-state index contributed by atoms with van der Waals surface area (Å²) in [5.41, 5.74) is -0.135. The van der Waals surface area contributed by atoms with Gasteiger partial charge >= 0.3 is 0 Å². The van der Waals surface area contributed by atoms with E-state index in [0.717, 1.165) is 4.31 Å². The monoisotopic (exact) mass is 431 g/mol. The van der Waals surface area contributed by atoms with Crippen LogP contribution in [-0.2, 0) is 19.6 Å². The number of ketones is 2. The number of hydrogen-bond acceptors (Lipinski definition) is 7. The molecule has 2 unspecified atom stereocenters. The van der Waals surface area contributed by atoms with E-state index in [1.54, 1.807) is 0 Å². The van der Waals surface area contributed by atoms with E-state index in [2.05, 4.69) is 10.6 Å². The van der Waals surface area contributed by atoms with Crippen molar-refractivity contribution < 1.29 is 23.1 Å². The van der Waals surface area contributed by atoms with Crippen molar-refractivity contribution in [2.45, 2.75) is 50.7 Å². The van der Waals surface area contributed by atoms with Crippen molar-refractivity contribution in [2.75, 3.05) is 19.4 Å². The highest BCUT2D eigenvalue weighted by Gasteiger charge is 2.50. The summed E-state index contributed by atoms with van der Waals surface area (Å²) in [6, 6.07) is 0.921. The minimum absolute atomic E-state index is 0.00545. The van der Waals surface area contributed by atoms with Gasteiger partial charge in [0.1, 0.15) is 17.0 Å². The molecule has 2 rings (SSSR count). The van der Waals surface area contributed by atoms with E-state index >= 15 is 0 Å². The fraction of sp³-hybridized carbons (Fsp3) is 0.556. The van der Waals surface area contributed by atoms with Crippen LogP contribution in [0.4, 0.5) is 5.69 Å². The number of phenolic OH excluding ortho intramolecular Hbond substituents is 1. The molecule has 0 amide bonds. The number of Topliss-reactive ketones (excluding diaryl/α,β-unsaturated/α-hetero) is 2. The zero-order chi connectivity index (χ0) is 21.6. The highest BCUT2D eigenvalue weighted by atomic mass is 35.5. The number of phenols is 1. The summed E-state index contributed by atoms with van der Waals surface area (Å²) in [5, 5.41) is 16.3. The number of benzene rings is 1. The van der Waals surface area contributed by atoms with Crippen molar-refractivity contribution in [2.24, 2.45) is 5.41 Å². The Balaban J connectivity index is 2.35. The Morgan fingerprint density at radius 3 is 2.18 bits per heavy atom. The summed E-state index contributed by atoms with van der Waals surface area (Å²) in [7, 11) is -1.39. The van der Waals surface area contributed by atoms with Crippen molar-refractivity contribution in [3.05, 3.63) is 17.2 Å². The summed E-state index contributed by atoms with van der Waals surface area (Å²) in [6.45, 7) is 7.92. The quantitative estimate of drug-likeness (QED) is 0.463. The summed E-state index contributed by atoms with van der Waals surface area (Å²) in [6.07, 6.45) is 0. The first-order valence-electron chi connectivity index (χ1n) is 8.74. The second kappa shape index (κ2) is 7.62. The van der Waals surface area contributed by atoms with E-state index in [1.807, 2.05) is 27.7 Å². The number of hydrogen-bond donors (Lipinski definition) is 3. The lowest BCUT2D eigenvalue weighted by Gasteiger charge is -2.40. The van der Waals surface area contributed by atoms with Crippen LogP contribution in [0.3, 0.4) is 0 Å². The third kappa shape index (κ3) is 4.03. The molecule has 0 spiro atoms. The van der Waals surface area contributed by atoms with E-state index in [4.69, 9.17) is 11.6 Å². The minimum Gasteiger partial charge on any atom is -0.504 e. The fourth-order valence-electron chi connectivity index (χ4n) is 2.61. The molecule has 1 fully saturated rings. The molecule has 0 aromatic heterocycles. The minimum atomic E-state index is -4.02. The molecule has 10 heteroatoms. The van der Waals surface area contributed by atoms with Crippen molar-refractivity contribution in [3.63, 3.8) is 0 Å². The van der Waals surface area contributed by atoms with Crippen molar-refractivity contribution in [3.8, 4) is 5.75 Å². The molecular formula is C18H26ClN3O5S. The molecule has 0 aliphatic heterocycles. The molecule has 3 atom stereocenters. The van der Waals surface area contributed by atoms with Crippen molar-refractivity contribution >= 4 is 38.9 Å². The third-order valence-electron chi connectivity index (χ3n) is 5.00. The van der Waals surface area contributed by atoms with Crippen molar-refractivity contribution in [1.82, 2.24) is 9.62 Å². The molecule has 1 aromatic rings. The van der Waals surface area contributed by atoms with E-state index in [9.17, 15) is 23.1 Å². The van der Waals surface area contributed by atoms with Gasteiger partial charge in [0, 0.05) is 20.1 Å². The molecule has 0 heterocycles. The Morgan fingerprint density at radius 1 is 1.14 bits per heavy atom. The predicted octanol–water partition coefficient (Wildman–Crippen LogP) is 1.62. The molecule has 0 radical (unpaired) electrons. The molecule has 0 bridgehead atoms. The summed E-state index contributed by atoms with van der Waals surface area (Å²) >= 11 is 5.99. The zero-order valence-electron chi connectivity index (χ0n) is 16.7. The van der Waals surface area contributed by atoms with Gasteiger partial charge in [-0.1, -0.05) is 32.4 Å². The van der Waals surface area contributed by atoms with Crippen LogP contribution in [0.25, 0.3) is 0 Å². The van der Waals surface area contributed by atoms with Crippen LogP contribution in [0.1, 0.15) is 27.7 Å². The van der Waals surface area contributed by atoms with E-state index < -0.39 is 44.3 Å². The third-order valence-corrected chi connectivity index (χ3v) is 7.32. The maximum absolute atomic E-state index is 12.5.